The number of rotatable bonds is 2. The Balaban J connectivity index is 0.000000190. The maximum Gasteiger partial charge on any atom is 0.417 e. The standard InChI is InChI=1S/C11H14N2O.C6H3ClF3NO/c12-11(14)9-5-1-2-6-10(9)13-7-3-4-8-13;7-4-1-3(6(8,9)10)2-11-5(4)12/h1-2,5-6H,3-4,7-8H2,(H2,12,14);1-2H,(H,11,12). The number of halogens is 4. The highest BCUT2D eigenvalue weighted by atomic mass is 35.5. The van der Waals surface area contributed by atoms with E-state index in [0.717, 1.165) is 18.8 Å². The maximum absolute atomic E-state index is 11.9. The first kappa shape index (κ1) is 19.8. The summed E-state index contributed by atoms with van der Waals surface area (Å²) in [7, 11) is 0. The number of nitrogens with one attached hydrogen (secondary N) is 1. The average Bonchev–Trinajstić information content (AvgIpc) is 3.11. The topological polar surface area (TPSA) is 79.2 Å². The fraction of sp³-hybridized carbons (Fsp3) is 0.294. The highest BCUT2D eigenvalue weighted by Crippen LogP contribution is 2.28. The van der Waals surface area contributed by atoms with Gasteiger partial charge in [-0.2, -0.15) is 13.2 Å². The molecule has 26 heavy (non-hydrogen) atoms. The summed E-state index contributed by atoms with van der Waals surface area (Å²) >= 11 is 5.18. The Morgan fingerprint density at radius 3 is 2.35 bits per heavy atom. The van der Waals surface area contributed by atoms with E-state index in [9.17, 15) is 22.8 Å². The second-order valence-electron chi connectivity index (χ2n) is 5.64. The molecule has 3 rings (SSSR count). The second-order valence-corrected chi connectivity index (χ2v) is 6.05. The molecule has 1 amide bonds. The number of alkyl halides is 3. The number of anilines is 1. The van der Waals surface area contributed by atoms with Gasteiger partial charge >= 0.3 is 6.18 Å². The minimum Gasteiger partial charge on any atom is -0.371 e. The molecule has 1 saturated heterocycles. The van der Waals surface area contributed by atoms with Crippen molar-refractivity contribution in [1.29, 1.82) is 0 Å². The van der Waals surface area contributed by atoms with Crippen molar-refractivity contribution in [3.05, 3.63) is 63.0 Å². The Labute approximate surface area is 152 Å². The lowest BCUT2D eigenvalue weighted by Crippen LogP contribution is -2.22. The molecule has 1 aromatic carbocycles. The molecule has 0 atom stereocenters. The van der Waals surface area contributed by atoms with Crippen molar-refractivity contribution in [2.45, 2.75) is 19.0 Å². The van der Waals surface area contributed by atoms with Gasteiger partial charge in [-0.05, 0) is 31.0 Å². The Kier molecular flexibility index (Phi) is 6.31. The lowest BCUT2D eigenvalue weighted by Gasteiger charge is -2.19. The molecule has 2 heterocycles. The van der Waals surface area contributed by atoms with Crippen LogP contribution in [-0.2, 0) is 6.18 Å². The van der Waals surface area contributed by atoms with E-state index in [1.165, 1.54) is 12.8 Å². The van der Waals surface area contributed by atoms with E-state index in [4.69, 9.17) is 17.3 Å². The van der Waals surface area contributed by atoms with E-state index in [-0.39, 0.29) is 5.91 Å². The molecule has 1 fully saturated rings. The molecule has 0 aliphatic carbocycles. The first-order chi connectivity index (χ1) is 12.2. The van der Waals surface area contributed by atoms with Gasteiger partial charge in [0.15, 0.2) is 0 Å². The third kappa shape index (κ3) is 5.01. The van der Waals surface area contributed by atoms with Crippen LogP contribution in [0.15, 0.2) is 41.3 Å². The van der Waals surface area contributed by atoms with Crippen molar-refractivity contribution in [3.8, 4) is 0 Å². The van der Waals surface area contributed by atoms with Gasteiger partial charge < -0.3 is 15.6 Å². The number of para-hydroxylation sites is 1. The Bertz CT molecular complexity index is 830. The van der Waals surface area contributed by atoms with Gasteiger partial charge in [0.1, 0.15) is 5.02 Å². The first-order valence-electron chi connectivity index (χ1n) is 7.79. The monoisotopic (exact) mass is 387 g/mol. The zero-order valence-corrected chi connectivity index (χ0v) is 14.4. The largest absolute Gasteiger partial charge is 0.417 e. The van der Waals surface area contributed by atoms with E-state index in [0.29, 0.717) is 17.8 Å². The van der Waals surface area contributed by atoms with E-state index in [1.807, 2.05) is 23.2 Å². The van der Waals surface area contributed by atoms with Crippen LogP contribution < -0.4 is 16.2 Å². The third-order valence-corrected chi connectivity index (χ3v) is 4.08. The number of hydrogen-bond donors (Lipinski definition) is 2. The average molecular weight is 388 g/mol. The van der Waals surface area contributed by atoms with Crippen molar-refractivity contribution in [3.63, 3.8) is 0 Å². The van der Waals surface area contributed by atoms with Crippen molar-refractivity contribution < 1.29 is 18.0 Å². The molecule has 1 aliphatic heterocycles. The molecule has 140 valence electrons. The minimum absolute atomic E-state index is 0.340. The van der Waals surface area contributed by atoms with Crippen LogP contribution in [0.4, 0.5) is 18.9 Å². The molecule has 0 radical (unpaired) electrons. The first-order valence-corrected chi connectivity index (χ1v) is 8.17. The predicted molar refractivity (Wildman–Crippen MR) is 93.5 cm³/mol. The number of amides is 1. The van der Waals surface area contributed by atoms with E-state index < -0.39 is 22.3 Å². The molecule has 5 nitrogen and oxygen atoms in total. The highest BCUT2D eigenvalue weighted by Gasteiger charge is 2.31. The molecular formula is C17H17ClF3N3O2. The highest BCUT2D eigenvalue weighted by molar-refractivity contribution is 6.30. The number of nitrogens with zero attached hydrogens (tertiary/aromatic N) is 1. The quantitative estimate of drug-likeness (QED) is 0.828. The Morgan fingerprint density at radius 1 is 1.19 bits per heavy atom. The molecule has 0 saturated carbocycles. The summed E-state index contributed by atoms with van der Waals surface area (Å²) in [5.74, 6) is -0.340. The van der Waals surface area contributed by atoms with Gasteiger partial charge in [0, 0.05) is 25.0 Å². The zero-order valence-electron chi connectivity index (χ0n) is 13.6. The summed E-state index contributed by atoms with van der Waals surface area (Å²) in [4.78, 5) is 25.8. The van der Waals surface area contributed by atoms with Gasteiger partial charge in [0.25, 0.3) is 11.5 Å². The number of carbonyl (C=O) groups excluding carboxylic acids is 1. The predicted octanol–water partition coefficient (Wildman–Crippen LogP) is 3.43. The molecule has 0 bridgehead atoms. The zero-order chi connectivity index (χ0) is 19.3. The summed E-state index contributed by atoms with van der Waals surface area (Å²) in [5, 5.41) is -0.468. The molecule has 0 unspecified atom stereocenters. The van der Waals surface area contributed by atoms with Gasteiger partial charge in [0.05, 0.1) is 11.1 Å². The lowest BCUT2D eigenvalue weighted by molar-refractivity contribution is -0.137. The molecule has 9 heteroatoms. The van der Waals surface area contributed by atoms with E-state index >= 15 is 0 Å². The summed E-state index contributed by atoms with van der Waals surface area (Å²) in [6, 6.07) is 8.13. The molecule has 1 aromatic heterocycles. The van der Waals surface area contributed by atoms with Crippen LogP contribution in [-0.4, -0.2) is 24.0 Å². The number of pyridine rings is 1. The molecule has 0 spiro atoms. The van der Waals surface area contributed by atoms with E-state index in [2.05, 4.69) is 4.90 Å². The van der Waals surface area contributed by atoms with Crippen molar-refractivity contribution >= 4 is 23.2 Å². The number of nitrogens with two attached hydrogens (primary N) is 1. The molecule has 2 aromatic rings. The molecule has 3 N–H and O–H groups in total. The van der Waals surface area contributed by atoms with Crippen LogP contribution in [0.3, 0.4) is 0 Å². The van der Waals surface area contributed by atoms with Crippen molar-refractivity contribution in [2.75, 3.05) is 18.0 Å². The second kappa shape index (κ2) is 8.27. The van der Waals surface area contributed by atoms with Crippen molar-refractivity contribution in [2.24, 2.45) is 5.73 Å². The van der Waals surface area contributed by atoms with Crippen LogP contribution >= 0.6 is 11.6 Å². The number of H-pyrrole nitrogens is 1. The number of benzene rings is 1. The third-order valence-electron chi connectivity index (χ3n) is 3.80. The summed E-state index contributed by atoms with van der Waals surface area (Å²) in [6.07, 6.45) is -1.50. The SMILES string of the molecule is NC(=O)c1ccccc1N1CCCC1.O=c1[nH]cc(C(F)(F)F)cc1Cl. The van der Waals surface area contributed by atoms with Crippen LogP contribution in [0, 0.1) is 0 Å². The number of aromatic nitrogens is 1. The fourth-order valence-electron chi connectivity index (χ4n) is 2.54. The van der Waals surface area contributed by atoms with Crippen molar-refractivity contribution in [1.82, 2.24) is 4.98 Å². The van der Waals surface area contributed by atoms with Crippen LogP contribution in [0.1, 0.15) is 28.8 Å². The van der Waals surface area contributed by atoms with Gasteiger partial charge in [-0.15, -0.1) is 0 Å². The number of carbonyl (C=O) groups is 1. The van der Waals surface area contributed by atoms with Gasteiger partial charge in [-0.25, -0.2) is 0 Å². The number of aromatic amines is 1. The maximum atomic E-state index is 11.9. The van der Waals surface area contributed by atoms with Crippen LogP contribution in [0.25, 0.3) is 0 Å². The number of hydrogen-bond acceptors (Lipinski definition) is 3. The Morgan fingerprint density at radius 2 is 1.81 bits per heavy atom. The summed E-state index contributed by atoms with van der Waals surface area (Å²) < 4.78 is 35.8. The number of primary amides is 1. The summed E-state index contributed by atoms with van der Waals surface area (Å²) in [5.41, 5.74) is 5.24. The van der Waals surface area contributed by atoms with E-state index in [1.54, 1.807) is 6.07 Å². The van der Waals surface area contributed by atoms with Gasteiger partial charge in [0.2, 0.25) is 0 Å². The van der Waals surface area contributed by atoms with Crippen LogP contribution in [0.2, 0.25) is 5.02 Å². The summed E-state index contributed by atoms with van der Waals surface area (Å²) in [6.45, 7) is 2.06. The fourth-order valence-corrected chi connectivity index (χ4v) is 2.71. The van der Waals surface area contributed by atoms with Gasteiger partial charge in [-0.1, -0.05) is 23.7 Å². The lowest BCUT2D eigenvalue weighted by atomic mass is 10.1. The minimum atomic E-state index is -4.48. The van der Waals surface area contributed by atoms with Gasteiger partial charge in [-0.3, -0.25) is 9.59 Å². The molecular weight excluding hydrogens is 371 g/mol. The normalized spacial score (nSPS) is 13.9. The molecule has 1 aliphatic rings. The Hall–Kier alpha value is -2.48. The van der Waals surface area contributed by atoms with Crippen LogP contribution in [0.5, 0.6) is 0 Å². The smallest absolute Gasteiger partial charge is 0.371 e.